The van der Waals surface area contributed by atoms with E-state index in [1.165, 1.54) is 0 Å². The molecule has 3 heteroatoms. The molecule has 1 heterocycles. The van der Waals surface area contributed by atoms with Crippen LogP contribution in [0.3, 0.4) is 0 Å². The molecule has 1 aromatic rings. The Kier molecular flexibility index (Phi) is 3.47. The molecule has 3 nitrogen and oxygen atoms in total. The van der Waals surface area contributed by atoms with Gasteiger partial charge in [-0.3, -0.25) is 0 Å². The van der Waals surface area contributed by atoms with Gasteiger partial charge in [0.15, 0.2) is 0 Å². The van der Waals surface area contributed by atoms with Gasteiger partial charge in [-0.25, -0.2) is 9.97 Å². The highest BCUT2D eigenvalue weighted by atomic mass is 15.0. The summed E-state index contributed by atoms with van der Waals surface area (Å²) in [5.74, 6) is 4.26. The van der Waals surface area contributed by atoms with E-state index < -0.39 is 0 Å². The Morgan fingerprint density at radius 2 is 2.00 bits per heavy atom. The second kappa shape index (κ2) is 4.61. The van der Waals surface area contributed by atoms with Gasteiger partial charge in [0.25, 0.3) is 0 Å². The number of terminal acetylenes is 1. The molecular weight excluding hydrogens is 174 g/mol. The molecule has 0 unspecified atom stereocenters. The van der Waals surface area contributed by atoms with E-state index in [1.807, 2.05) is 20.8 Å². The van der Waals surface area contributed by atoms with Gasteiger partial charge in [0.05, 0.1) is 0 Å². The first-order chi connectivity index (χ1) is 6.65. The van der Waals surface area contributed by atoms with Crippen molar-refractivity contribution in [2.75, 3.05) is 11.9 Å². The van der Waals surface area contributed by atoms with Gasteiger partial charge in [0, 0.05) is 24.2 Å². The van der Waals surface area contributed by atoms with Crippen LogP contribution in [0.15, 0.2) is 0 Å². The summed E-state index contributed by atoms with van der Waals surface area (Å²) >= 11 is 0. The van der Waals surface area contributed by atoms with Gasteiger partial charge >= 0.3 is 0 Å². The average molecular weight is 189 g/mol. The Bertz CT molecular complexity index is 364. The number of aromatic nitrogens is 2. The lowest BCUT2D eigenvalue weighted by molar-refractivity contribution is 0.965. The van der Waals surface area contributed by atoms with Gasteiger partial charge < -0.3 is 5.32 Å². The topological polar surface area (TPSA) is 37.8 Å². The van der Waals surface area contributed by atoms with Crippen molar-refractivity contribution in [3.8, 4) is 12.3 Å². The van der Waals surface area contributed by atoms with Crippen molar-refractivity contribution in [1.29, 1.82) is 0 Å². The maximum atomic E-state index is 5.17. The smallest absolute Gasteiger partial charge is 0.132 e. The first-order valence-electron chi connectivity index (χ1n) is 4.64. The fourth-order valence-electron chi connectivity index (χ4n) is 1.19. The van der Waals surface area contributed by atoms with Crippen LogP contribution >= 0.6 is 0 Å². The molecule has 0 amide bonds. The Labute approximate surface area is 85.0 Å². The molecular formula is C11H15N3. The molecule has 0 aliphatic carbocycles. The van der Waals surface area contributed by atoms with Crippen molar-refractivity contribution in [2.24, 2.45) is 0 Å². The van der Waals surface area contributed by atoms with E-state index in [9.17, 15) is 0 Å². The quantitative estimate of drug-likeness (QED) is 0.582. The predicted octanol–water partition coefficient (Wildman–Crippen LogP) is 1.84. The van der Waals surface area contributed by atoms with Crippen molar-refractivity contribution in [2.45, 2.75) is 27.2 Å². The first-order valence-corrected chi connectivity index (χ1v) is 4.64. The van der Waals surface area contributed by atoms with Gasteiger partial charge in [-0.15, -0.1) is 12.3 Å². The van der Waals surface area contributed by atoms with Gasteiger partial charge in [-0.05, 0) is 20.8 Å². The fourth-order valence-corrected chi connectivity index (χ4v) is 1.19. The summed E-state index contributed by atoms with van der Waals surface area (Å²) in [5.41, 5.74) is 2.10. The molecule has 0 bridgehead atoms. The molecule has 0 aromatic carbocycles. The first kappa shape index (κ1) is 10.5. The number of aryl methyl sites for hydroxylation is 2. The average Bonchev–Trinajstić information content (AvgIpc) is 2.13. The minimum absolute atomic E-state index is 0.710. The van der Waals surface area contributed by atoms with Gasteiger partial charge in [0.1, 0.15) is 11.6 Å². The molecule has 14 heavy (non-hydrogen) atoms. The normalized spacial score (nSPS) is 9.57. The lowest BCUT2D eigenvalue weighted by Gasteiger charge is -2.09. The lowest BCUT2D eigenvalue weighted by atomic mass is 10.2. The highest BCUT2D eigenvalue weighted by Gasteiger charge is 2.04. The largest absolute Gasteiger partial charge is 0.369 e. The van der Waals surface area contributed by atoms with Crippen LogP contribution in [0.4, 0.5) is 5.82 Å². The lowest BCUT2D eigenvalue weighted by Crippen LogP contribution is -2.07. The van der Waals surface area contributed by atoms with Crippen LogP contribution < -0.4 is 5.32 Å². The second-order valence-corrected chi connectivity index (χ2v) is 3.21. The molecule has 74 valence electrons. The fraction of sp³-hybridized carbons (Fsp3) is 0.455. The number of rotatable bonds is 3. The van der Waals surface area contributed by atoms with Gasteiger partial charge in [-0.1, -0.05) is 0 Å². The number of anilines is 1. The molecule has 1 N–H and O–H groups in total. The summed E-state index contributed by atoms with van der Waals surface area (Å²) in [6.07, 6.45) is 5.88. The van der Waals surface area contributed by atoms with Crippen LogP contribution in [0, 0.1) is 33.1 Å². The van der Waals surface area contributed by atoms with Gasteiger partial charge in [0.2, 0.25) is 0 Å². The maximum Gasteiger partial charge on any atom is 0.132 e. The summed E-state index contributed by atoms with van der Waals surface area (Å²) in [6.45, 7) is 6.63. The number of nitrogens with zero attached hydrogens (tertiary/aromatic N) is 2. The zero-order chi connectivity index (χ0) is 10.6. The van der Waals surface area contributed by atoms with E-state index in [1.54, 1.807) is 0 Å². The summed E-state index contributed by atoms with van der Waals surface area (Å²) < 4.78 is 0. The van der Waals surface area contributed by atoms with Crippen molar-refractivity contribution >= 4 is 5.82 Å². The van der Waals surface area contributed by atoms with Crippen molar-refractivity contribution < 1.29 is 0 Å². The van der Waals surface area contributed by atoms with Crippen LogP contribution in [0.25, 0.3) is 0 Å². The third-order valence-corrected chi connectivity index (χ3v) is 2.06. The molecule has 1 aromatic heterocycles. The molecule has 0 atom stereocenters. The molecule has 0 fully saturated rings. The highest BCUT2D eigenvalue weighted by molar-refractivity contribution is 5.45. The molecule has 0 spiro atoms. The van der Waals surface area contributed by atoms with Crippen LogP contribution in [-0.4, -0.2) is 16.5 Å². The maximum absolute atomic E-state index is 5.17. The Hall–Kier alpha value is -1.56. The Morgan fingerprint density at radius 3 is 2.64 bits per heavy atom. The van der Waals surface area contributed by atoms with Crippen molar-refractivity contribution in [1.82, 2.24) is 9.97 Å². The number of nitrogens with one attached hydrogen (secondary N) is 1. The predicted molar refractivity (Wildman–Crippen MR) is 58.2 cm³/mol. The third-order valence-electron chi connectivity index (χ3n) is 2.06. The number of hydrogen-bond donors (Lipinski definition) is 1. The molecule has 0 saturated heterocycles. The van der Waals surface area contributed by atoms with E-state index in [0.29, 0.717) is 6.42 Å². The minimum Gasteiger partial charge on any atom is -0.369 e. The van der Waals surface area contributed by atoms with E-state index >= 15 is 0 Å². The molecule has 0 aliphatic rings. The van der Waals surface area contributed by atoms with Crippen LogP contribution in [0.2, 0.25) is 0 Å². The highest BCUT2D eigenvalue weighted by Crippen LogP contribution is 2.13. The minimum atomic E-state index is 0.710. The molecule has 0 aliphatic heterocycles. The summed E-state index contributed by atoms with van der Waals surface area (Å²) in [6, 6.07) is 0. The third kappa shape index (κ3) is 2.46. The van der Waals surface area contributed by atoms with E-state index in [4.69, 9.17) is 6.42 Å². The second-order valence-electron chi connectivity index (χ2n) is 3.21. The molecule has 0 radical (unpaired) electrons. The van der Waals surface area contributed by atoms with Crippen LogP contribution in [0.1, 0.15) is 23.5 Å². The van der Waals surface area contributed by atoms with Crippen molar-refractivity contribution in [3.63, 3.8) is 0 Å². The Balaban J connectivity index is 2.81. The summed E-state index contributed by atoms with van der Waals surface area (Å²) in [5, 5.41) is 3.20. The number of hydrogen-bond acceptors (Lipinski definition) is 3. The van der Waals surface area contributed by atoms with Crippen LogP contribution in [-0.2, 0) is 0 Å². The SMILES string of the molecule is C#CCCNc1nc(C)nc(C)c1C. The summed E-state index contributed by atoms with van der Waals surface area (Å²) in [7, 11) is 0. The van der Waals surface area contributed by atoms with Crippen molar-refractivity contribution in [3.05, 3.63) is 17.1 Å². The summed E-state index contributed by atoms with van der Waals surface area (Å²) in [4.78, 5) is 8.59. The zero-order valence-corrected chi connectivity index (χ0v) is 8.89. The van der Waals surface area contributed by atoms with Crippen LogP contribution in [0.5, 0.6) is 0 Å². The van der Waals surface area contributed by atoms with E-state index in [2.05, 4.69) is 21.2 Å². The standard InChI is InChI=1S/C11H15N3/c1-5-6-7-12-11-8(2)9(3)13-10(4)14-11/h1H,6-7H2,2-4H3,(H,12,13,14). The Morgan fingerprint density at radius 1 is 1.29 bits per heavy atom. The molecule has 1 rings (SSSR count). The van der Waals surface area contributed by atoms with Gasteiger partial charge in [-0.2, -0.15) is 0 Å². The monoisotopic (exact) mass is 189 g/mol. The molecule has 0 saturated carbocycles. The zero-order valence-electron chi connectivity index (χ0n) is 8.89. The van der Waals surface area contributed by atoms with E-state index in [-0.39, 0.29) is 0 Å². The van der Waals surface area contributed by atoms with E-state index in [0.717, 1.165) is 29.4 Å².